The second-order valence-corrected chi connectivity index (χ2v) is 4.10. The first-order valence-corrected chi connectivity index (χ1v) is 5.59. The molecular formula is C11H9F2NOS. The van der Waals surface area contributed by atoms with Crippen LogP contribution in [0.25, 0.3) is 10.6 Å². The summed E-state index contributed by atoms with van der Waals surface area (Å²) in [5.74, 6) is -1.22. The molecular weight excluding hydrogens is 232 g/mol. The molecule has 0 amide bonds. The van der Waals surface area contributed by atoms with Crippen molar-refractivity contribution in [2.75, 3.05) is 6.61 Å². The second-order valence-electron chi connectivity index (χ2n) is 3.24. The zero-order valence-electron chi connectivity index (χ0n) is 8.28. The molecule has 0 aliphatic rings. The van der Waals surface area contributed by atoms with E-state index in [0.29, 0.717) is 17.1 Å². The summed E-state index contributed by atoms with van der Waals surface area (Å²) in [4.78, 5) is 4.16. The van der Waals surface area contributed by atoms with Crippen LogP contribution >= 0.6 is 11.3 Å². The molecule has 2 nitrogen and oxygen atoms in total. The van der Waals surface area contributed by atoms with E-state index in [2.05, 4.69) is 4.98 Å². The highest BCUT2D eigenvalue weighted by atomic mass is 32.1. The fraction of sp³-hybridized carbons (Fsp3) is 0.182. The van der Waals surface area contributed by atoms with Crippen molar-refractivity contribution in [2.24, 2.45) is 0 Å². The number of benzene rings is 1. The predicted octanol–water partition coefficient (Wildman–Crippen LogP) is 2.62. The lowest BCUT2D eigenvalue weighted by Gasteiger charge is -1.98. The lowest BCUT2D eigenvalue weighted by molar-refractivity contribution is 0.298. The molecule has 0 aliphatic carbocycles. The number of hydrogen-bond donors (Lipinski definition) is 1. The summed E-state index contributed by atoms with van der Waals surface area (Å²) in [5.41, 5.74) is 1.00. The van der Waals surface area contributed by atoms with Crippen LogP contribution < -0.4 is 0 Å². The normalized spacial score (nSPS) is 10.7. The lowest BCUT2D eigenvalue weighted by Crippen LogP contribution is -1.91. The topological polar surface area (TPSA) is 33.1 Å². The Labute approximate surface area is 95.2 Å². The molecule has 1 aromatic heterocycles. The Bertz CT molecular complexity index is 498. The maximum atomic E-state index is 13.4. The van der Waals surface area contributed by atoms with Crippen LogP contribution in [0.1, 0.15) is 5.69 Å². The van der Waals surface area contributed by atoms with Gasteiger partial charge in [-0.3, -0.25) is 0 Å². The number of aliphatic hydroxyl groups is 1. The molecule has 1 N–H and O–H groups in total. The number of thiazole rings is 1. The van der Waals surface area contributed by atoms with Gasteiger partial charge in [-0.25, -0.2) is 13.8 Å². The van der Waals surface area contributed by atoms with Gasteiger partial charge in [-0.15, -0.1) is 11.3 Å². The van der Waals surface area contributed by atoms with Gasteiger partial charge in [-0.05, 0) is 12.1 Å². The first-order chi connectivity index (χ1) is 7.70. The first kappa shape index (κ1) is 11.2. The summed E-state index contributed by atoms with van der Waals surface area (Å²) in [7, 11) is 0. The van der Waals surface area contributed by atoms with Crippen LogP contribution in [0.2, 0.25) is 0 Å². The van der Waals surface area contributed by atoms with Gasteiger partial charge in [0.05, 0.1) is 5.69 Å². The van der Waals surface area contributed by atoms with E-state index >= 15 is 0 Å². The van der Waals surface area contributed by atoms with Crippen molar-refractivity contribution < 1.29 is 13.9 Å². The monoisotopic (exact) mass is 241 g/mol. The van der Waals surface area contributed by atoms with Crippen LogP contribution in [0.4, 0.5) is 8.78 Å². The highest BCUT2D eigenvalue weighted by molar-refractivity contribution is 7.13. The molecule has 0 saturated heterocycles. The van der Waals surface area contributed by atoms with Crippen molar-refractivity contribution in [3.05, 3.63) is 40.9 Å². The summed E-state index contributed by atoms with van der Waals surface area (Å²) < 4.78 is 26.1. The highest BCUT2D eigenvalue weighted by Crippen LogP contribution is 2.26. The number of aromatic nitrogens is 1. The number of halogens is 2. The van der Waals surface area contributed by atoms with Crippen molar-refractivity contribution in [2.45, 2.75) is 6.42 Å². The lowest BCUT2D eigenvalue weighted by atomic mass is 10.2. The number of hydrogen-bond acceptors (Lipinski definition) is 3. The maximum absolute atomic E-state index is 13.4. The van der Waals surface area contributed by atoms with E-state index in [4.69, 9.17) is 5.11 Å². The molecule has 0 radical (unpaired) electrons. The van der Waals surface area contributed by atoms with E-state index in [-0.39, 0.29) is 12.2 Å². The van der Waals surface area contributed by atoms with E-state index in [1.807, 2.05) is 0 Å². The third kappa shape index (κ3) is 2.25. The van der Waals surface area contributed by atoms with Crippen molar-refractivity contribution >= 4 is 11.3 Å². The molecule has 0 spiro atoms. The van der Waals surface area contributed by atoms with Gasteiger partial charge >= 0.3 is 0 Å². The largest absolute Gasteiger partial charge is 0.396 e. The number of aliphatic hydroxyl groups excluding tert-OH is 1. The Morgan fingerprint density at radius 2 is 2.12 bits per heavy atom. The van der Waals surface area contributed by atoms with Crippen LogP contribution in [0, 0.1) is 11.6 Å². The predicted molar refractivity (Wildman–Crippen MR) is 58.3 cm³/mol. The van der Waals surface area contributed by atoms with Gasteiger partial charge in [-0.1, -0.05) is 0 Å². The van der Waals surface area contributed by atoms with Gasteiger partial charge in [0, 0.05) is 30.0 Å². The summed E-state index contributed by atoms with van der Waals surface area (Å²) >= 11 is 1.28. The molecule has 2 aromatic rings. The van der Waals surface area contributed by atoms with Gasteiger partial charge < -0.3 is 5.11 Å². The summed E-state index contributed by atoms with van der Waals surface area (Å²) in [6.45, 7) is 0.00900. The fourth-order valence-corrected chi connectivity index (χ4v) is 2.20. The quantitative estimate of drug-likeness (QED) is 0.896. The first-order valence-electron chi connectivity index (χ1n) is 4.71. The molecule has 0 atom stereocenters. The Kier molecular flexibility index (Phi) is 3.26. The summed E-state index contributed by atoms with van der Waals surface area (Å²) in [6.07, 6.45) is 0.444. The van der Waals surface area contributed by atoms with Crippen molar-refractivity contribution in [1.29, 1.82) is 0 Å². The van der Waals surface area contributed by atoms with E-state index in [1.165, 1.54) is 23.5 Å². The Hall–Kier alpha value is -1.33. The second kappa shape index (κ2) is 4.67. The Balaban J connectivity index is 2.35. The van der Waals surface area contributed by atoms with Gasteiger partial charge in [0.15, 0.2) is 0 Å². The molecule has 0 fully saturated rings. The van der Waals surface area contributed by atoms with Gasteiger partial charge in [0.1, 0.15) is 16.6 Å². The fourth-order valence-electron chi connectivity index (χ4n) is 1.32. The Morgan fingerprint density at radius 1 is 1.31 bits per heavy atom. The van der Waals surface area contributed by atoms with Crippen LogP contribution in [-0.2, 0) is 6.42 Å². The maximum Gasteiger partial charge on any atom is 0.136 e. The SMILES string of the molecule is OCCc1csc(-c2ccc(F)cc2F)n1. The third-order valence-corrected chi connectivity index (χ3v) is 3.01. The molecule has 16 heavy (non-hydrogen) atoms. The van der Waals surface area contributed by atoms with Crippen molar-refractivity contribution in [1.82, 2.24) is 4.98 Å². The average molecular weight is 241 g/mol. The van der Waals surface area contributed by atoms with Crippen molar-refractivity contribution in [3.8, 4) is 10.6 Å². The van der Waals surface area contributed by atoms with Crippen LogP contribution in [-0.4, -0.2) is 16.7 Å². The van der Waals surface area contributed by atoms with E-state index in [9.17, 15) is 8.78 Å². The van der Waals surface area contributed by atoms with E-state index in [0.717, 1.165) is 6.07 Å². The minimum absolute atomic E-state index is 0.00900. The molecule has 5 heteroatoms. The third-order valence-electron chi connectivity index (χ3n) is 2.08. The number of rotatable bonds is 3. The average Bonchev–Trinajstić information content (AvgIpc) is 2.67. The van der Waals surface area contributed by atoms with Gasteiger partial charge in [0.2, 0.25) is 0 Å². The molecule has 1 heterocycles. The zero-order chi connectivity index (χ0) is 11.5. The zero-order valence-corrected chi connectivity index (χ0v) is 9.10. The van der Waals surface area contributed by atoms with Crippen LogP contribution in [0.3, 0.4) is 0 Å². The standard InChI is InChI=1S/C11H9F2NOS/c12-7-1-2-9(10(13)5-7)11-14-8(3-4-15)6-16-11/h1-2,5-6,15H,3-4H2. The molecule has 84 valence electrons. The van der Waals surface area contributed by atoms with Gasteiger partial charge in [-0.2, -0.15) is 0 Å². The summed E-state index contributed by atoms with van der Waals surface area (Å²) in [6, 6.07) is 3.40. The van der Waals surface area contributed by atoms with Gasteiger partial charge in [0.25, 0.3) is 0 Å². The van der Waals surface area contributed by atoms with E-state index < -0.39 is 11.6 Å². The summed E-state index contributed by atoms with van der Waals surface area (Å²) in [5, 5.41) is 11.0. The van der Waals surface area contributed by atoms with Crippen LogP contribution in [0.5, 0.6) is 0 Å². The van der Waals surface area contributed by atoms with E-state index in [1.54, 1.807) is 5.38 Å². The van der Waals surface area contributed by atoms with Crippen molar-refractivity contribution in [3.63, 3.8) is 0 Å². The minimum Gasteiger partial charge on any atom is -0.396 e. The Morgan fingerprint density at radius 3 is 2.81 bits per heavy atom. The molecule has 0 aliphatic heterocycles. The smallest absolute Gasteiger partial charge is 0.136 e. The molecule has 0 unspecified atom stereocenters. The number of nitrogens with zero attached hydrogens (tertiary/aromatic N) is 1. The molecule has 0 bridgehead atoms. The molecule has 1 aromatic carbocycles. The highest BCUT2D eigenvalue weighted by Gasteiger charge is 2.10. The molecule has 0 saturated carbocycles. The van der Waals surface area contributed by atoms with Crippen LogP contribution in [0.15, 0.2) is 23.6 Å². The minimum atomic E-state index is -0.620. The molecule has 2 rings (SSSR count).